The Balaban J connectivity index is 1.71. The molecule has 1 aliphatic rings. The van der Waals surface area contributed by atoms with Crippen molar-refractivity contribution in [2.24, 2.45) is 0 Å². The van der Waals surface area contributed by atoms with Gasteiger partial charge in [0.15, 0.2) is 5.82 Å². The summed E-state index contributed by atoms with van der Waals surface area (Å²) in [4.78, 5) is 6.27. The minimum atomic E-state index is -0.630. The van der Waals surface area contributed by atoms with Crippen molar-refractivity contribution in [1.82, 2.24) is 19.7 Å². The topological polar surface area (TPSA) is 46.8 Å². The van der Waals surface area contributed by atoms with Gasteiger partial charge in [-0.15, -0.1) is 10.2 Å². The zero-order valence-corrected chi connectivity index (χ0v) is 14.9. The average molecular weight is 357 g/mol. The maximum atomic E-state index is 14.1. The van der Waals surface area contributed by atoms with E-state index in [4.69, 9.17) is 0 Å². The van der Waals surface area contributed by atoms with Gasteiger partial charge in [-0.1, -0.05) is 0 Å². The molecule has 26 heavy (non-hydrogen) atoms. The Morgan fingerprint density at radius 2 is 2.08 bits per heavy atom. The van der Waals surface area contributed by atoms with E-state index in [2.05, 4.69) is 38.5 Å². The van der Waals surface area contributed by atoms with Crippen LogP contribution in [0.5, 0.6) is 0 Å². The lowest BCUT2D eigenvalue weighted by molar-refractivity contribution is 0.455. The molecule has 1 aliphatic heterocycles. The van der Waals surface area contributed by atoms with Gasteiger partial charge in [-0.3, -0.25) is 4.98 Å². The molecule has 5 nitrogen and oxygen atoms in total. The minimum absolute atomic E-state index is 0.205. The first kappa shape index (κ1) is 16.9. The number of hydrogen-bond donors (Lipinski definition) is 0. The summed E-state index contributed by atoms with van der Waals surface area (Å²) < 4.78 is 30.0. The molecule has 1 saturated heterocycles. The predicted molar refractivity (Wildman–Crippen MR) is 96.3 cm³/mol. The van der Waals surface area contributed by atoms with Crippen molar-refractivity contribution in [1.29, 1.82) is 0 Å². The van der Waals surface area contributed by atoms with E-state index in [0.29, 0.717) is 11.4 Å². The van der Waals surface area contributed by atoms with Gasteiger partial charge >= 0.3 is 0 Å². The number of pyridine rings is 1. The molecule has 1 unspecified atom stereocenters. The number of fused-ring (bicyclic) bond motifs is 1. The largest absolute Gasteiger partial charge is 0.370 e. The molecule has 136 valence electrons. The standard InChI is InChI=1S/C19H21F2N5/c1-12(2)26-11-23-24-19(26)13-4-3-7-25(10-13)17-5-6-22-18-15(17)8-14(20)9-16(18)21/h5-6,8-9,11-13H,3-4,7,10H2,1-2H3. The number of hydrogen-bond acceptors (Lipinski definition) is 4. The predicted octanol–water partition coefficient (Wildman–Crippen LogP) is 4.07. The molecule has 3 heterocycles. The SMILES string of the molecule is CC(C)n1cnnc1C1CCCN(c2ccnc3c(F)cc(F)cc23)C1. The molecular weight excluding hydrogens is 336 g/mol. The smallest absolute Gasteiger partial charge is 0.152 e. The lowest BCUT2D eigenvalue weighted by atomic mass is 9.96. The molecule has 0 spiro atoms. The molecule has 4 rings (SSSR count). The zero-order chi connectivity index (χ0) is 18.3. The van der Waals surface area contributed by atoms with E-state index in [9.17, 15) is 8.78 Å². The Morgan fingerprint density at radius 3 is 2.88 bits per heavy atom. The molecule has 0 radical (unpaired) electrons. The maximum Gasteiger partial charge on any atom is 0.152 e. The third-order valence-corrected chi connectivity index (χ3v) is 5.02. The summed E-state index contributed by atoms with van der Waals surface area (Å²) in [6.45, 7) is 5.79. The highest BCUT2D eigenvalue weighted by Gasteiger charge is 2.27. The lowest BCUT2D eigenvalue weighted by Gasteiger charge is -2.35. The van der Waals surface area contributed by atoms with Crippen LogP contribution in [-0.2, 0) is 0 Å². The number of nitrogens with zero attached hydrogens (tertiary/aromatic N) is 5. The highest BCUT2D eigenvalue weighted by atomic mass is 19.1. The van der Waals surface area contributed by atoms with E-state index in [-0.39, 0.29) is 11.4 Å². The van der Waals surface area contributed by atoms with Crippen molar-refractivity contribution in [2.45, 2.75) is 38.6 Å². The quantitative estimate of drug-likeness (QED) is 0.709. The molecule has 1 fully saturated rings. The van der Waals surface area contributed by atoms with Crippen LogP contribution in [0.15, 0.2) is 30.7 Å². The molecule has 0 aliphatic carbocycles. The molecule has 0 amide bonds. The number of piperidine rings is 1. The second kappa shape index (κ2) is 6.63. The summed E-state index contributed by atoms with van der Waals surface area (Å²) in [5, 5.41) is 8.92. The van der Waals surface area contributed by atoms with Crippen molar-refractivity contribution < 1.29 is 8.78 Å². The van der Waals surface area contributed by atoms with Crippen molar-refractivity contribution in [3.8, 4) is 0 Å². The van der Waals surface area contributed by atoms with E-state index in [1.165, 1.54) is 6.07 Å². The van der Waals surface area contributed by atoms with E-state index in [0.717, 1.165) is 43.5 Å². The van der Waals surface area contributed by atoms with Gasteiger partial charge in [0.2, 0.25) is 0 Å². The number of benzene rings is 1. The molecule has 3 aromatic rings. The molecule has 0 N–H and O–H groups in total. The van der Waals surface area contributed by atoms with E-state index < -0.39 is 11.6 Å². The lowest BCUT2D eigenvalue weighted by Crippen LogP contribution is -2.35. The second-order valence-corrected chi connectivity index (χ2v) is 7.09. The summed E-state index contributed by atoms with van der Waals surface area (Å²) in [5.41, 5.74) is 1.02. The van der Waals surface area contributed by atoms with Crippen molar-refractivity contribution in [2.75, 3.05) is 18.0 Å². The second-order valence-electron chi connectivity index (χ2n) is 7.09. The average Bonchev–Trinajstić information content (AvgIpc) is 3.11. The van der Waals surface area contributed by atoms with Crippen LogP contribution in [0.3, 0.4) is 0 Å². The van der Waals surface area contributed by atoms with Gasteiger partial charge < -0.3 is 9.47 Å². The van der Waals surface area contributed by atoms with Gasteiger partial charge in [-0.2, -0.15) is 0 Å². The van der Waals surface area contributed by atoms with Crippen LogP contribution in [0.25, 0.3) is 10.9 Å². The third-order valence-electron chi connectivity index (χ3n) is 5.02. The highest BCUT2D eigenvalue weighted by Crippen LogP contribution is 2.34. The first-order chi connectivity index (χ1) is 12.5. The van der Waals surface area contributed by atoms with Crippen LogP contribution < -0.4 is 4.90 Å². The van der Waals surface area contributed by atoms with Crippen LogP contribution in [-0.4, -0.2) is 32.8 Å². The number of anilines is 1. The van der Waals surface area contributed by atoms with Crippen LogP contribution in [0, 0.1) is 11.6 Å². The van der Waals surface area contributed by atoms with Gasteiger partial charge in [0.25, 0.3) is 0 Å². The van der Waals surface area contributed by atoms with Crippen molar-refractivity contribution in [3.05, 3.63) is 48.2 Å². The fourth-order valence-corrected chi connectivity index (χ4v) is 3.79. The van der Waals surface area contributed by atoms with Gasteiger partial charge in [0.1, 0.15) is 23.5 Å². The number of rotatable bonds is 3. The van der Waals surface area contributed by atoms with E-state index in [1.54, 1.807) is 12.5 Å². The van der Waals surface area contributed by atoms with Gasteiger partial charge in [0, 0.05) is 48.4 Å². The van der Waals surface area contributed by atoms with Crippen molar-refractivity contribution in [3.63, 3.8) is 0 Å². The molecule has 7 heteroatoms. The Bertz CT molecular complexity index is 937. The minimum Gasteiger partial charge on any atom is -0.370 e. The van der Waals surface area contributed by atoms with Crippen LogP contribution in [0.4, 0.5) is 14.5 Å². The summed E-state index contributed by atoms with van der Waals surface area (Å²) in [6.07, 6.45) is 5.36. The van der Waals surface area contributed by atoms with Crippen LogP contribution in [0.2, 0.25) is 0 Å². The fourth-order valence-electron chi connectivity index (χ4n) is 3.79. The maximum absolute atomic E-state index is 14.1. The summed E-state index contributed by atoms with van der Waals surface area (Å²) in [5.74, 6) is -0.0111. The van der Waals surface area contributed by atoms with E-state index >= 15 is 0 Å². The molecular formula is C19H21F2N5. The third kappa shape index (κ3) is 2.91. The molecule has 0 bridgehead atoms. The molecule has 1 aromatic carbocycles. The van der Waals surface area contributed by atoms with Crippen molar-refractivity contribution >= 4 is 16.6 Å². The summed E-state index contributed by atoms with van der Waals surface area (Å²) in [6, 6.07) is 4.36. The van der Waals surface area contributed by atoms with Crippen LogP contribution >= 0.6 is 0 Å². The molecule has 1 atom stereocenters. The zero-order valence-electron chi connectivity index (χ0n) is 14.9. The Morgan fingerprint density at radius 1 is 1.23 bits per heavy atom. The highest BCUT2D eigenvalue weighted by molar-refractivity contribution is 5.92. The van der Waals surface area contributed by atoms with Crippen LogP contribution in [0.1, 0.15) is 44.5 Å². The normalized spacial score (nSPS) is 18.0. The fraction of sp³-hybridized carbons (Fsp3) is 0.421. The molecule has 2 aromatic heterocycles. The monoisotopic (exact) mass is 357 g/mol. The van der Waals surface area contributed by atoms with Gasteiger partial charge in [-0.05, 0) is 38.8 Å². The Labute approximate surface area is 150 Å². The molecule has 0 saturated carbocycles. The number of halogens is 2. The van der Waals surface area contributed by atoms with Gasteiger partial charge in [-0.25, -0.2) is 8.78 Å². The van der Waals surface area contributed by atoms with Gasteiger partial charge in [0.05, 0.1) is 0 Å². The first-order valence-electron chi connectivity index (χ1n) is 8.92. The summed E-state index contributed by atoms with van der Waals surface area (Å²) in [7, 11) is 0. The summed E-state index contributed by atoms with van der Waals surface area (Å²) >= 11 is 0. The number of aromatic nitrogens is 4. The van der Waals surface area contributed by atoms with E-state index in [1.807, 2.05) is 6.07 Å². The Hall–Kier alpha value is -2.57. The first-order valence-corrected chi connectivity index (χ1v) is 8.92. The Kier molecular flexibility index (Phi) is 4.30.